The molecule has 0 saturated heterocycles. The summed E-state index contributed by atoms with van der Waals surface area (Å²) in [6, 6.07) is 21.2. The van der Waals surface area contributed by atoms with Crippen LogP contribution < -0.4 is 5.32 Å². The van der Waals surface area contributed by atoms with Crippen molar-refractivity contribution in [3.05, 3.63) is 101 Å². The number of fused-ring (bicyclic) bond motifs is 1. The maximum atomic E-state index is 13.4. The number of nitrogens with one attached hydrogen (secondary N) is 1. The van der Waals surface area contributed by atoms with Gasteiger partial charge in [0, 0.05) is 42.0 Å². The van der Waals surface area contributed by atoms with Gasteiger partial charge in [-0.25, -0.2) is 4.39 Å². The van der Waals surface area contributed by atoms with Crippen molar-refractivity contribution in [3.63, 3.8) is 0 Å². The molecule has 3 aromatic rings. The van der Waals surface area contributed by atoms with Gasteiger partial charge in [-0.3, -0.25) is 9.59 Å². The minimum atomic E-state index is -0.401. The van der Waals surface area contributed by atoms with Gasteiger partial charge in [0.1, 0.15) is 12.0 Å². The van der Waals surface area contributed by atoms with E-state index in [1.54, 1.807) is 17.0 Å². The average Bonchev–Trinajstić information content (AvgIpc) is 3.11. The first-order valence-electron chi connectivity index (χ1n) is 11.8. The van der Waals surface area contributed by atoms with Crippen molar-refractivity contribution in [1.29, 1.82) is 0 Å². The third kappa shape index (κ3) is 4.96. The van der Waals surface area contributed by atoms with E-state index in [4.69, 9.17) is 0 Å². The van der Waals surface area contributed by atoms with Crippen LogP contribution in [0.5, 0.6) is 0 Å². The van der Waals surface area contributed by atoms with Crippen LogP contribution in [0.25, 0.3) is 0 Å². The number of carbonyl (C=O) groups excluding carboxylic acids is 2. The summed E-state index contributed by atoms with van der Waals surface area (Å²) < 4.78 is 13.4. The molecule has 0 saturated carbocycles. The maximum absolute atomic E-state index is 13.4. The Balaban J connectivity index is 1.61. The van der Waals surface area contributed by atoms with E-state index in [1.165, 1.54) is 12.1 Å². The summed E-state index contributed by atoms with van der Waals surface area (Å²) in [7, 11) is 0. The van der Waals surface area contributed by atoms with E-state index >= 15 is 0 Å². The Kier molecular flexibility index (Phi) is 7.26. The SMILES string of the molecule is CCCN(CCC)C(=O)c1cccc(NC2c3ccccc3C(=O)N2Cc2ccc(F)cc2)c1. The number of hydrogen-bond acceptors (Lipinski definition) is 3. The molecule has 0 radical (unpaired) electrons. The molecule has 2 amide bonds. The average molecular weight is 460 g/mol. The van der Waals surface area contributed by atoms with Crippen LogP contribution in [0, 0.1) is 5.82 Å². The lowest BCUT2D eigenvalue weighted by atomic mass is 10.1. The zero-order valence-corrected chi connectivity index (χ0v) is 19.6. The molecular formula is C28H30FN3O2. The number of amides is 2. The van der Waals surface area contributed by atoms with Crippen LogP contribution in [0.3, 0.4) is 0 Å². The molecule has 176 valence electrons. The summed E-state index contributed by atoms with van der Waals surface area (Å²) in [4.78, 5) is 30.0. The largest absolute Gasteiger partial charge is 0.361 e. The van der Waals surface area contributed by atoms with Gasteiger partial charge in [-0.15, -0.1) is 0 Å². The third-order valence-corrected chi connectivity index (χ3v) is 6.01. The molecule has 6 heteroatoms. The fourth-order valence-corrected chi connectivity index (χ4v) is 4.41. The Bertz CT molecular complexity index is 1160. The van der Waals surface area contributed by atoms with Crippen molar-refractivity contribution in [2.75, 3.05) is 18.4 Å². The highest BCUT2D eigenvalue weighted by atomic mass is 19.1. The predicted octanol–water partition coefficient (Wildman–Crippen LogP) is 5.85. The van der Waals surface area contributed by atoms with Gasteiger partial charge in [0.05, 0.1) is 0 Å². The summed E-state index contributed by atoms with van der Waals surface area (Å²) in [5, 5.41) is 3.47. The lowest BCUT2D eigenvalue weighted by molar-refractivity contribution is 0.0726. The number of nitrogens with zero attached hydrogens (tertiary/aromatic N) is 2. The molecule has 0 fully saturated rings. The summed E-state index contributed by atoms with van der Waals surface area (Å²) in [6.45, 7) is 5.92. The van der Waals surface area contributed by atoms with Gasteiger partial charge in [0.15, 0.2) is 0 Å². The van der Waals surface area contributed by atoms with E-state index in [-0.39, 0.29) is 17.6 Å². The first-order chi connectivity index (χ1) is 16.5. The lowest BCUT2D eigenvalue weighted by Crippen LogP contribution is -2.33. The standard InChI is InChI=1S/C28H30FN3O2/c1-3-16-31(17-4-2)27(33)21-8-7-9-23(18-21)30-26-24-10-5-6-11-25(24)28(34)32(26)19-20-12-14-22(29)15-13-20/h5-15,18,26,30H,3-4,16-17,19H2,1-2H3. The van der Waals surface area contributed by atoms with E-state index in [0.29, 0.717) is 17.7 Å². The summed E-state index contributed by atoms with van der Waals surface area (Å²) >= 11 is 0. The van der Waals surface area contributed by atoms with Gasteiger partial charge in [-0.05, 0) is 54.8 Å². The molecule has 0 aromatic heterocycles. The van der Waals surface area contributed by atoms with Crippen LogP contribution in [0.4, 0.5) is 10.1 Å². The molecule has 1 aliphatic heterocycles. The van der Waals surface area contributed by atoms with E-state index in [9.17, 15) is 14.0 Å². The number of benzene rings is 3. The van der Waals surface area contributed by atoms with Crippen LogP contribution in [-0.2, 0) is 6.54 Å². The summed E-state index contributed by atoms with van der Waals surface area (Å²) in [5.74, 6) is -0.378. The van der Waals surface area contributed by atoms with Gasteiger partial charge >= 0.3 is 0 Å². The minimum absolute atomic E-state index is 0.0124. The van der Waals surface area contributed by atoms with E-state index in [1.807, 2.05) is 53.4 Å². The summed E-state index contributed by atoms with van der Waals surface area (Å²) in [6.07, 6.45) is 1.41. The van der Waals surface area contributed by atoms with Crippen LogP contribution in [0.2, 0.25) is 0 Å². The Morgan fingerprint density at radius 1 is 0.971 bits per heavy atom. The zero-order chi connectivity index (χ0) is 24.1. The van der Waals surface area contributed by atoms with Crippen molar-refractivity contribution in [2.24, 2.45) is 0 Å². The van der Waals surface area contributed by atoms with Crippen LogP contribution >= 0.6 is 0 Å². The van der Waals surface area contributed by atoms with E-state index in [0.717, 1.165) is 42.7 Å². The number of anilines is 1. The second-order valence-electron chi connectivity index (χ2n) is 8.57. The highest BCUT2D eigenvalue weighted by Crippen LogP contribution is 2.35. The Morgan fingerprint density at radius 3 is 2.38 bits per heavy atom. The van der Waals surface area contributed by atoms with Crippen molar-refractivity contribution >= 4 is 17.5 Å². The smallest absolute Gasteiger partial charge is 0.256 e. The number of halogens is 1. The van der Waals surface area contributed by atoms with Crippen molar-refractivity contribution in [2.45, 2.75) is 39.4 Å². The fraction of sp³-hybridized carbons (Fsp3) is 0.286. The topological polar surface area (TPSA) is 52.7 Å². The van der Waals surface area contributed by atoms with Gasteiger partial charge in [0.25, 0.3) is 11.8 Å². The van der Waals surface area contributed by atoms with Crippen LogP contribution in [0.15, 0.2) is 72.8 Å². The fourth-order valence-electron chi connectivity index (χ4n) is 4.41. The predicted molar refractivity (Wildman–Crippen MR) is 132 cm³/mol. The zero-order valence-electron chi connectivity index (χ0n) is 19.6. The molecule has 1 heterocycles. The van der Waals surface area contributed by atoms with Gasteiger partial charge < -0.3 is 15.1 Å². The Hall–Kier alpha value is -3.67. The normalized spacial score (nSPS) is 14.7. The Morgan fingerprint density at radius 2 is 1.68 bits per heavy atom. The van der Waals surface area contributed by atoms with Gasteiger partial charge in [0.2, 0.25) is 0 Å². The molecule has 1 aliphatic rings. The van der Waals surface area contributed by atoms with E-state index < -0.39 is 6.17 Å². The molecule has 5 nitrogen and oxygen atoms in total. The molecule has 0 spiro atoms. The molecule has 1 unspecified atom stereocenters. The van der Waals surface area contributed by atoms with E-state index in [2.05, 4.69) is 19.2 Å². The van der Waals surface area contributed by atoms with Crippen LogP contribution in [0.1, 0.15) is 64.7 Å². The van der Waals surface area contributed by atoms with Crippen molar-refractivity contribution in [1.82, 2.24) is 9.80 Å². The molecule has 0 bridgehead atoms. The first kappa shape index (κ1) is 23.5. The van der Waals surface area contributed by atoms with Crippen molar-refractivity contribution < 1.29 is 14.0 Å². The number of carbonyl (C=O) groups is 2. The molecule has 34 heavy (non-hydrogen) atoms. The number of hydrogen-bond donors (Lipinski definition) is 1. The first-order valence-corrected chi connectivity index (χ1v) is 11.8. The van der Waals surface area contributed by atoms with Crippen LogP contribution in [-0.4, -0.2) is 34.7 Å². The van der Waals surface area contributed by atoms with Gasteiger partial charge in [-0.1, -0.05) is 50.2 Å². The second kappa shape index (κ2) is 10.5. The molecule has 0 aliphatic carbocycles. The summed E-state index contributed by atoms with van der Waals surface area (Å²) in [5.41, 5.74) is 3.75. The highest BCUT2D eigenvalue weighted by Gasteiger charge is 2.36. The Labute approximate surface area is 200 Å². The van der Waals surface area contributed by atoms with Gasteiger partial charge in [-0.2, -0.15) is 0 Å². The number of rotatable bonds is 9. The quantitative estimate of drug-likeness (QED) is 0.436. The molecule has 1 atom stereocenters. The molecular weight excluding hydrogens is 429 g/mol. The molecule has 4 rings (SSSR count). The second-order valence-corrected chi connectivity index (χ2v) is 8.57. The minimum Gasteiger partial charge on any atom is -0.361 e. The molecule has 3 aromatic carbocycles. The van der Waals surface area contributed by atoms with Crippen molar-refractivity contribution in [3.8, 4) is 0 Å². The monoisotopic (exact) mass is 459 g/mol. The molecule has 1 N–H and O–H groups in total. The lowest BCUT2D eigenvalue weighted by Gasteiger charge is -2.28. The third-order valence-electron chi connectivity index (χ3n) is 6.01. The maximum Gasteiger partial charge on any atom is 0.256 e. The highest BCUT2D eigenvalue weighted by molar-refractivity contribution is 5.99.